The number of hydrogen-bond acceptors (Lipinski definition) is 6. The van der Waals surface area contributed by atoms with Gasteiger partial charge in [0.25, 0.3) is 0 Å². The molecule has 0 aliphatic heterocycles. The highest BCUT2D eigenvalue weighted by Crippen LogP contribution is 2.18. The van der Waals surface area contributed by atoms with Gasteiger partial charge in [-0.3, -0.25) is 0 Å². The molecule has 0 aliphatic carbocycles. The van der Waals surface area contributed by atoms with Gasteiger partial charge in [0.05, 0.1) is 5.75 Å². The maximum absolute atomic E-state index is 4.46. The van der Waals surface area contributed by atoms with Gasteiger partial charge in [0, 0.05) is 30.7 Å². The van der Waals surface area contributed by atoms with E-state index in [0.29, 0.717) is 5.75 Å². The first-order chi connectivity index (χ1) is 9.17. The highest BCUT2D eigenvalue weighted by molar-refractivity contribution is 7.98. The van der Waals surface area contributed by atoms with Crippen molar-refractivity contribution in [1.29, 1.82) is 0 Å². The Balaban J connectivity index is 2.04. The van der Waals surface area contributed by atoms with Gasteiger partial charge in [-0.15, -0.1) is 0 Å². The van der Waals surface area contributed by atoms with Gasteiger partial charge >= 0.3 is 0 Å². The molecule has 0 bridgehead atoms. The average molecular weight is 275 g/mol. The van der Waals surface area contributed by atoms with E-state index in [1.807, 2.05) is 39.2 Å². The molecule has 2 aromatic rings. The van der Waals surface area contributed by atoms with E-state index in [9.17, 15) is 0 Å². The maximum Gasteiger partial charge on any atom is 0.187 e. The molecule has 0 saturated heterocycles. The van der Waals surface area contributed by atoms with Crippen LogP contribution < -0.4 is 5.32 Å². The van der Waals surface area contributed by atoms with Crippen LogP contribution in [0.25, 0.3) is 0 Å². The summed E-state index contributed by atoms with van der Waals surface area (Å²) in [6, 6.07) is 1.94. The lowest BCUT2D eigenvalue weighted by molar-refractivity contribution is 0.939. The van der Waals surface area contributed by atoms with Crippen LogP contribution in [-0.2, 0) is 5.75 Å². The highest BCUT2D eigenvalue weighted by Gasteiger charge is 2.04. The molecule has 2 rings (SSSR count). The van der Waals surface area contributed by atoms with E-state index in [-0.39, 0.29) is 0 Å². The van der Waals surface area contributed by atoms with Gasteiger partial charge in [0.2, 0.25) is 0 Å². The van der Waals surface area contributed by atoms with Crippen LogP contribution >= 0.6 is 11.8 Å². The Labute approximate surface area is 117 Å². The van der Waals surface area contributed by atoms with Gasteiger partial charge in [-0.2, -0.15) is 0 Å². The standard InChI is InChI=1S/C13H17N5S/c1-4-14-11-5-10(3)17-12(18-11)8-19-13-15-6-9(2)7-16-13/h5-7H,4,8H2,1-3H3,(H,14,17,18). The number of aromatic nitrogens is 4. The molecule has 100 valence electrons. The molecule has 2 heterocycles. The molecule has 1 N–H and O–H groups in total. The Morgan fingerprint density at radius 1 is 1.16 bits per heavy atom. The van der Waals surface area contributed by atoms with Gasteiger partial charge in [0.15, 0.2) is 5.16 Å². The number of nitrogens with zero attached hydrogens (tertiary/aromatic N) is 4. The average Bonchev–Trinajstić information content (AvgIpc) is 2.38. The van der Waals surface area contributed by atoms with E-state index in [1.165, 1.54) is 0 Å². The second-order valence-corrected chi connectivity index (χ2v) is 5.12. The SMILES string of the molecule is CCNc1cc(C)nc(CSc2ncc(C)cn2)n1. The summed E-state index contributed by atoms with van der Waals surface area (Å²) < 4.78 is 0. The van der Waals surface area contributed by atoms with Crippen molar-refractivity contribution in [2.24, 2.45) is 0 Å². The lowest BCUT2D eigenvalue weighted by Gasteiger charge is -2.06. The summed E-state index contributed by atoms with van der Waals surface area (Å²) in [7, 11) is 0. The number of aryl methyl sites for hydroxylation is 2. The number of anilines is 1. The van der Waals surface area contributed by atoms with Crippen LogP contribution in [0.15, 0.2) is 23.6 Å². The summed E-state index contributed by atoms with van der Waals surface area (Å²) in [5, 5.41) is 3.95. The minimum Gasteiger partial charge on any atom is -0.370 e. The minimum absolute atomic E-state index is 0.670. The van der Waals surface area contributed by atoms with Crippen molar-refractivity contribution in [3.8, 4) is 0 Å². The van der Waals surface area contributed by atoms with Crippen molar-refractivity contribution >= 4 is 17.6 Å². The molecule has 0 saturated carbocycles. The van der Waals surface area contributed by atoms with Crippen LogP contribution in [0, 0.1) is 13.8 Å². The molecule has 0 spiro atoms. The lowest BCUT2D eigenvalue weighted by Crippen LogP contribution is -2.04. The Morgan fingerprint density at radius 2 is 1.89 bits per heavy atom. The lowest BCUT2D eigenvalue weighted by atomic mass is 10.4. The summed E-state index contributed by atoms with van der Waals surface area (Å²) in [4.78, 5) is 17.4. The van der Waals surface area contributed by atoms with Crippen LogP contribution in [0.1, 0.15) is 24.0 Å². The first-order valence-corrected chi connectivity index (χ1v) is 7.16. The first kappa shape index (κ1) is 13.7. The van der Waals surface area contributed by atoms with Gasteiger partial charge < -0.3 is 5.32 Å². The fraction of sp³-hybridized carbons (Fsp3) is 0.385. The van der Waals surface area contributed by atoms with Crippen LogP contribution in [0.5, 0.6) is 0 Å². The summed E-state index contributed by atoms with van der Waals surface area (Å²) >= 11 is 1.54. The summed E-state index contributed by atoms with van der Waals surface area (Å²) in [6.45, 7) is 6.84. The van der Waals surface area contributed by atoms with Crippen LogP contribution in [0.4, 0.5) is 5.82 Å². The van der Waals surface area contributed by atoms with Crippen LogP contribution in [-0.4, -0.2) is 26.5 Å². The van der Waals surface area contributed by atoms with E-state index in [1.54, 1.807) is 11.8 Å². The predicted octanol–water partition coefficient (Wildman–Crippen LogP) is 2.61. The number of thioether (sulfide) groups is 1. The molecule has 0 aliphatic rings. The zero-order valence-corrected chi connectivity index (χ0v) is 12.2. The summed E-state index contributed by atoms with van der Waals surface area (Å²) in [5.74, 6) is 2.34. The van der Waals surface area contributed by atoms with Crippen molar-refractivity contribution in [3.63, 3.8) is 0 Å². The van der Waals surface area contributed by atoms with E-state index in [4.69, 9.17) is 0 Å². The Bertz CT molecular complexity index is 541. The predicted molar refractivity (Wildman–Crippen MR) is 77.3 cm³/mol. The molecule has 5 nitrogen and oxygen atoms in total. The zero-order valence-electron chi connectivity index (χ0n) is 11.3. The second-order valence-electron chi connectivity index (χ2n) is 4.17. The van der Waals surface area contributed by atoms with Crippen molar-refractivity contribution in [2.75, 3.05) is 11.9 Å². The van der Waals surface area contributed by atoms with Crippen LogP contribution in [0.2, 0.25) is 0 Å². The third-order valence-electron chi connectivity index (χ3n) is 2.35. The normalized spacial score (nSPS) is 10.5. The molecule has 0 unspecified atom stereocenters. The smallest absolute Gasteiger partial charge is 0.187 e. The van der Waals surface area contributed by atoms with E-state index >= 15 is 0 Å². The molecular formula is C13H17N5S. The van der Waals surface area contributed by atoms with E-state index in [2.05, 4.69) is 25.3 Å². The monoisotopic (exact) mass is 275 g/mol. The largest absolute Gasteiger partial charge is 0.370 e. The Kier molecular flexibility index (Phi) is 4.68. The molecule has 19 heavy (non-hydrogen) atoms. The van der Waals surface area contributed by atoms with Gasteiger partial charge in [0.1, 0.15) is 11.6 Å². The minimum atomic E-state index is 0.670. The fourth-order valence-corrected chi connectivity index (χ4v) is 2.19. The number of rotatable bonds is 5. The Morgan fingerprint density at radius 3 is 2.58 bits per heavy atom. The molecule has 0 radical (unpaired) electrons. The third-order valence-corrected chi connectivity index (χ3v) is 3.22. The third kappa shape index (κ3) is 4.17. The number of hydrogen-bond donors (Lipinski definition) is 1. The van der Waals surface area contributed by atoms with E-state index < -0.39 is 0 Å². The summed E-state index contributed by atoms with van der Waals surface area (Å²) in [6.07, 6.45) is 3.63. The molecule has 0 atom stereocenters. The Hall–Kier alpha value is -1.69. The van der Waals surface area contributed by atoms with Crippen molar-refractivity contribution in [2.45, 2.75) is 31.7 Å². The van der Waals surface area contributed by atoms with Gasteiger partial charge in [-0.05, 0) is 26.3 Å². The van der Waals surface area contributed by atoms with Crippen molar-refractivity contribution in [1.82, 2.24) is 19.9 Å². The number of nitrogens with one attached hydrogen (secondary N) is 1. The van der Waals surface area contributed by atoms with Crippen molar-refractivity contribution < 1.29 is 0 Å². The quantitative estimate of drug-likeness (QED) is 0.668. The van der Waals surface area contributed by atoms with Gasteiger partial charge in [-0.25, -0.2) is 19.9 Å². The molecule has 6 heteroatoms. The van der Waals surface area contributed by atoms with E-state index in [0.717, 1.165) is 34.6 Å². The fourth-order valence-electron chi connectivity index (χ4n) is 1.55. The molecular weight excluding hydrogens is 258 g/mol. The second kappa shape index (κ2) is 6.47. The highest BCUT2D eigenvalue weighted by atomic mass is 32.2. The topological polar surface area (TPSA) is 63.6 Å². The molecule has 0 amide bonds. The van der Waals surface area contributed by atoms with Crippen LogP contribution in [0.3, 0.4) is 0 Å². The first-order valence-electron chi connectivity index (χ1n) is 6.17. The maximum atomic E-state index is 4.46. The summed E-state index contributed by atoms with van der Waals surface area (Å²) in [5.41, 5.74) is 2.02. The molecule has 2 aromatic heterocycles. The zero-order chi connectivity index (χ0) is 13.7. The molecule has 0 fully saturated rings. The van der Waals surface area contributed by atoms with Gasteiger partial charge in [-0.1, -0.05) is 11.8 Å². The molecule has 0 aromatic carbocycles. The van der Waals surface area contributed by atoms with Crippen molar-refractivity contribution in [3.05, 3.63) is 35.5 Å².